The number of nitrogens with zero attached hydrogens (tertiary/aromatic N) is 2. The van der Waals surface area contributed by atoms with E-state index in [1.54, 1.807) is 14.2 Å². The van der Waals surface area contributed by atoms with E-state index in [4.69, 9.17) is 19.7 Å². The van der Waals surface area contributed by atoms with Gasteiger partial charge in [0.2, 0.25) is 0 Å². The lowest BCUT2D eigenvalue weighted by Gasteiger charge is -2.34. The first kappa shape index (κ1) is 16.6. The van der Waals surface area contributed by atoms with Gasteiger partial charge in [0, 0.05) is 5.56 Å². The van der Waals surface area contributed by atoms with Crippen molar-refractivity contribution in [1.29, 1.82) is 0 Å². The lowest BCUT2D eigenvalue weighted by molar-refractivity contribution is 0.229. The Morgan fingerprint density at radius 1 is 1.18 bits per heavy atom. The Bertz CT molecular complexity index is 668. The molecule has 3 rings (SSSR count). The Morgan fingerprint density at radius 3 is 2.36 bits per heavy atom. The zero-order valence-corrected chi connectivity index (χ0v) is 13.7. The van der Waals surface area contributed by atoms with Crippen molar-refractivity contribution in [3.8, 4) is 23.0 Å². The largest absolute Gasteiger partial charge is 0.493 e. The zero-order chi connectivity index (χ0) is 15.0. The van der Waals surface area contributed by atoms with Crippen molar-refractivity contribution in [3.63, 3.8) is 0 Å². The van der Waals surface area contributed by atoms with Crippen LogP contribution in [-0.4, -0.2) is 24.4 Å². The molecule has 120 valence electrons. The molecule has 1 aromatic carbocycles. The lowest BCUT2D eigenvalue weighted by Crippen LogP contribution is -2.44. The number of hydrogen-bond acceptors (Lipinski definition) is 6. The molecule has 0 amide bonds. The molecule has 0 bridgehead atoms. The van der Waals surface area contributed by atoms with Crippen molar-refractivity contribution >= 4 is 12.4 Å². The summed E-state index contributed by atoms with van der Waals surface area (Å²) in [7, 11) is 3.20. The van der Waals surface area contributed by atoms with Gasteiger partial charge in [-0.2, -0.15) is 4.98 Å². The maximum atomic E-state index is 6.23. The van der Waals surface area contributed by atoms with Crippen molar-refractivity contribution in [2.24, 2.45) is 5.73 Å². The highest BCUT2D eigenvalue weighted by atomic mass is 35.5. The minimum atomic E-state index is -0.424. The Hall–Kier alpha value is -1.79. The molecule has 1 aliphatic carbocycles. The molecule has 0 atom stereocenters. The fraction of sp³-hybridized carbons (Fsp3) is 0.467. The second-order valence-corrected chi connectivity index (χ2v) is 5.45. The smallest absolute Gasteiger partial charge is 0.258 e. The van der Waals surface area contributed by atoms with Crippen LogP contribution in [-0.2, 0) is 5.54 Å². The summed E-state index contributed by atoms with van der Waals surface area (Å²) >= 11 is 0. The minimum Gasteiger partial charge on any atom is -0.493 e. The number of nitrogens with two attached hydrogens (primary N) is 1. The summed E-state index contributed by atoms with van der Waals surface area (Å²) in [6, 6.07) is 3.73. The molecule has 1 fully saturated rings. The summed E-state index contributed by atoms with van der Waals surface area (Å²) < 4.78 is 16.0. The van der Waals surface area contributed by atoms with Gasteiger partial charge in [-0.25, -0.2) is 0 Å². The Morgan fingerprint density at radius 2 is 1.82 bits per heavy atom. The lowest BCUT2D eigenvalue weighted by atomic mass is 9.77. The fourth-order valence-electron chi connectivity index (χ4n) is 2.53. The fourth-order valence-corrected chi connectivity index (χ4v) is 2.53. The molecular formula is C15H20ClN3O3. The third kappa shape index (κ3) is 2.64. The molecule has 1 saturated carbocycles. The van der Waals surface area contributed by atoms with E-state index in [9.17, 15) is 0 Å². The van der Waals surface area contributed by atoms with Gasteiger partial charge in [-0.05, 0) is 43.9 Å². The summed E-state index contributed by atoms with van der Waals surface area (Å²) in [5, 5.41) is 4.04. The van der Waals surface area contributed by atoms with Crippen molar-refractivity contribution in [2.45, 2.75) is 31.7 Å². The summed E-state index contributed by atoms with van der Waals surface area (Å²) in [4.78, 5) is 4.47. The topological polar surface area (TPSA) is 83.4 Å². The third-order valence-electron chi connectivity index (χ3n) is 4.08. The van der Waals surface area contributed by atoms with Crippen LogP contribution in [0.2, 0.25) is 0 Å². The van der Waals surface area contributed by atoms with Gasteiger partial charge in [-0.15, -0.1) is 12.4 Å². The molecule has 1 aromatic heterocycles. The molecule has 0 aliphatic heterocycles. The van der Waals surface area contributed by atoms with Gasteiger partial charge in [0.15, 0.2) is 17.3 Å². The Kier molecular flexibility index (Phi) is 4.63. The van der Waals surface area contributed by atoms with E-state index < -0.39 is 5.54 Å². The molecule has 0 saturated heterocycles. The quantitative estimate of drug-likeness (QED) is 0.930. The van der Waals surface area contributed by atoms with Crippen molar-refractivity contribution in [2.75, 3.05) is 14.2 Å². The molecule has 22 heavy (non-hydrogen) atoms. The van der Waals surface area contributed by atoms with E-state index in [1.807, 2.05) is 19.1 Å². The van der Waals surface area contributed by atoms with Crippen LogP contribution in [0.4, 0.5) is 0 Å². The number of halogens is 1. The molecule has 2 N–H and O–H groups in total. The standard InChI is InChI=1S/C15H19N3O3.ClH/c1-9-7-11(19-2)12(20-3)8-10(9)13-17-14(18-21-13)15(16)5-4-6-15;/h7-8H,4-6,16H2,1-3H3;1H. The molecule has 0 spiro atoms. The highest BCUT2D eigenvalue weighted by molar-refractivity contribution is 5.85. The van der Waals surface area contributed by atoms with E-state index >= 15 is 0 Å². The van der Waals surface area contributed by atoms with Crippen LogP contribution in [0.5, 0.6) is 11.5 Å². The molecule has 0 radical (unpaired) electrons. The summed E-state index contributed by atoms with van der Waals surface area (Å²) in [6.45, 7) is 1.96. The Labute approximate surface area is 135 Å². The molecule has 1 aliphatic rings. The summed E-state index contributed by atoms with van der Waals surface area (Å²) in [6.07, 6.45) is 2.91. The molecule has 6 nitrogen and oxygen atoms in total. The van der Waals surface area contributed by atoms with Gasteiger partial charge in [0.25, 0.3) is 5.89 Å². The van der Waals surface area contributed by atoms with Crippen LogP contribution in [0.15, 0.2) is 16.7 Å². The van der Waals surface area contributed by atoms with Gasteiger partial charge in [-0.3, -0.25) is 0 Å². The predicted molar refractivity (Wildman–Crippen MR) is 84.5 cm³/mol. The van der Waals surface area contributed by atoms with Crippen LogP contribution in [0.3, 0.4) is 0 Å². The molecule has 1 heterocycles. The van der Waals surface area contributed by atoms with Crippen LogP contribution in [0.25, 0.3) is 11.5 Å². The van der Waals surface area contributed by atoms with Gasteiger partial charge in [0.05, 0.1) is 19.8 Å². The van der Waals surface area contributed by atoms with E-state index in [2.05, 4.69) is 10.1 Å². The van der Waals surface area contributed by atoms with E-state index in [0.29, 0.717) is 23.2 Å². The average Bonchev–Trinajstić information content (AvgIpc) is 2.94. The van der Waals surface area contributed by atoms with Crippen LogP contribution >= 0.6 is 12.4 Å². The van der Waals surface area contributed by atoms with Gasteiger partial charge >= 0.3 is 0 Å². The average molecular weight is 326 g/mol. The van der Waals surface area contributed by atoms with E-state index in [-0.39, 0.29) is 12.4 Å². The molecule has 0 unspecified atom stereocenters. The number of hydrogen-bond donors (Lipinski definition) is 1. The first-order chi connectivity index (χ1) is 10.1. The highest BCUT2D eigenvalue weighted by Gasteiger charge is 2.39. The maximum Gasteiger partial charge on any atom is 0.258 e. The minimum absolute atomic E-state index is 0. The van der Waals surface area contributed by atoms with Crippen molar-refractivity contribution < 1.29 is 14.0 Å². The second kappa shape index (κ2) is 6.14. The number of methoxy groups -OCH3 is 2. The van der Waals surface area contributed by atoms with E-state index in [1.165, 1.54) is 0 Å². The summed E-state index contributed by atoms with van der Waals surface area (Å²) in [5.74, 6) is 2.34. The molecular weight excluding hydrogens is 306 g/mol. The Balaban J connectivity index is 0.00000176. The maximum absolute atomic E-state index is 6.23. The second-order valence-electron chi connectivity index (χ2n) is 5.45. The predicted octanol–water partition coefficient (Wildman–Crippen LogP) is 2.82. The molecule has 7 heteroatoms. The van der Waals surface area contributed by atoms with Crippen LogP contribution in [0.1, 0.15) is 30.7 Å². The first-order valence-electron chi connectivity index (χ1n) is 6.93. The zero-order valence-electron chi connectivity index (χ0n) is 12.9. The van der Waals surface area contributed by atoms with Gasteiger partial charge in [0.1, 0.15) is 0 Å². The van der Waals surface area contributed by atoms with Crippen molar-refractivity contribution in [1.82, 2.24) is 10.1 Å². The number of benzene rings is 1. The van der Waals surface area contributed by atoms with Gasteiger partial charge < -0.3 is 19.7 Å². The van der Waals surface area contributed by atoms with Gasteiger partial charge in [-0.1, -0.05) is 5.16 Å². The third-order valence-corrected chi connectivity index (χ3v) is 4.08. The van der Waals surface area contributed by atoms with Crippen LogP contribution in [0, 0.1) is 6.92 Å². The van der Waals surface area contributed by atoms with E-state index in [0.717, 1.165) is 30.4 Å². The molecule has 2 aromatic rings. The number of aryl methyl sites for hydroxylation is 1. The summed E-state index contributed by atoms with van der Waals surface area (Å²) in [5.41, 5.74) is 7.60. The SMILES string of the molecule is COc1cc(C)c(-c2nc(C3(N)CCC3)no2)cc1OC.Cl. The number of ether oxygens (including phenoxy) is 2. The number of rotatable bonds is 4. The normalized spacial score (nSPS) is 15.6. The number of aromatic nitrogens is 2. The highest BCUT2D eigenvalue weighted by Crippen LogP contribution is 2.39. The first-order valence-corrected chi connectivity index (χ1v) is 6.93. The van der Waals surface area contributed by atoms with Crippen molar-refractivity contribution in [3.05, 3.63) is 23.5 Å². The van der Waals surface area contributed by atoms with Crippen LogP contribution < -0.4 is 15.2 Å². The monoisotopic (exact) mass is 325 g/mol.